The number of carbonyl (C=O) groups is 1. The fourth-order valence-corrected chi connectivity index (χ4v) is 2.12. The number of nitrogens with one attached hydrogen (secondary N) is 1. The zero-order chi connectivity index (χ0) is 15.1. The van der Waals surface area contributed by atoms with Crippen LogP contribution in [0.4, 0.5) is 0 Å². The minimum atomic E-state index is -0.114. The summed E-state index contributed by atoms with van der Waals surface area (Å²) in [5.74, 6) is 0.192. The summed E-state index contributed by atoms with van der Waals surface area (Å²) in [6.07, 6.45) is 3.98. The Hall–Kier alpha value is -1.61. The Balaban J connectivity index is 2.67. The van der Waals surface area contributed by atoms with Gasteiger partial charge in [-0.1, -0.05) is 37.6 Å². The van der Waals surface area contributed by atoms with Gasteiger partial charge in [-0.05, 0) is 43.4 Å². The molecule has 1 rings (SSSR count). The first-order valence-corrected chi connectivity index (χ1v) is 7.10. The third-order valence-electron chi connectivity index (χ3n) is 3.41. The van der Waals surface area contributed by atoms with E-state index in [0.29, 0.717) is 12.3 Å². The van der Waals surface area contributed by atoms with E-state index >= 15 is 0 Å². The van der Waals surface area contributed by atoms with Gasteiger partial charge >= 0.3 is 0 Å². The minimum Gasteiger partial charge on any atom is -0.396 e. The SMILES string of the molecule is Cc1ccc(/C=C/C(=O)NC(CCO)C(C)C)c(C)c1. The molecule has 1 unspecified atom stereocenters. The third-order valence-corrected chi connectivity index (χ3v) is 3.41. The van der Waals surface area contributed by atoms with Gasteiger partial charge in [-0.3, -0.25) is 4.79 Å². The molecule has 1 aromatic rings. The van der Waals surface area contributed by atoms with Crippen LogP contribution in [0.3, 0.4) is 0 Å². The number of aliphatic hydroxyl groups is 1. The molecule has 0 radical (unpaired) electrons. The molecule has 0 aromatic heterocycles. The Labute approximate surface area is 121 Å². The first-order valence-electron chi connectivity index (χ1n) is 7.10. The fraction of sp³-hybridized carbons (Fsp3) is 0.471. The number of benzene rings is 1. The Morgan fingerprint density at radius 3 is 2.60 bits per heavy atom. The largest absolute Gasteiger partial charge is 0.396 e. The van der Waals surface area contributed by atoms with E-state index in [1.54, 1.807) is 6.08 Å². The molecule has 3 nitrogen and oxygen atoms in total. The topological polar surface area (TPSA) is 49.3 Å². The van der Waals surface area contributed by atoms with Crippen LogP contribution in [0.5, 0.6) is 0 Å². The van der Waals surface area contributed by atoms with E-state index in [9.17, 15) is 4.79 Å². The maximum atomic E-state index is 11.9. The molecule has 0 aliphatic rings. The van der Waals surface area contributed by atoms with Gasteiger partial charge in [0.1, 0.15) is 0 Å². The maximum absolute atomic E-state index is 11.9. The normalized spacial score (nSPS) is 12.9. The van der Waals surface area contributed by atoms with Crippen LogP contribution in [-0.4, -0.2) is 23.7 Å². The van der Waals surface area contributed by atoms with Gasteiger partial charge in [0.2, 0.25) is 5.91 Å². The molecule has 1 amide bonds. The molecule has 1 atom stereocenters. The van der Waals surface area contributed by atoms with Gasteiger partial charge in [0, 0.05) is 18.7 Å². The molecule has 110 valence electrons. The smallest absolute Gasteiger partial charge is 0.244 e. The number of aliphatic hydroxyl groups excluding tert-OH is 1. The second-order valence-corrected chi connectivity index (χ2v) is 5.56. The molecule has 1 aromatic carbocycles. The number of aryl methyl sites for hydroxylation is 2. The maximum Gasteiger partial charge on any atom is 0.244 e. The highest BCUT2D eigenvalue weighted by atomic mass is 16.3. The van der Waals surface area contributed by atoms with Crippen molar-refractivity contribution in [1.82, 2.24) is 5.32 Å². The molecule has 0 saturated carbocycles. The average molecular weight is 275 g/mol. The Bertz CT molecular complexity index is 478. The molecule has 0 heterocycles. The second kappa shape index (κ2) is 7.85. The zero-order valence-electron chi connectivity index (χ0n) is 12.8. The molecule has 0 saturated heterocycles. The molecule has 0 bridgehead atoms. The van der Waals surface area contributed by atoms with E-state index in [1.165, 1.54) is 5.56 Å². The first kappa shape index (κ1) is 16.4. The Kier molecular flexibility index (Phi) is 6.46. The molecule has 0 fully saturated rings. The predicted molar refractivity (Wildman–Crippen MR) is 83.4 cm³/mol. The van der Waals surface area contributed by atoms with Gasteiger partial charge < -0.3 is 10.4 Å². The van der Waals surface area contributed by atoms with E-state index in [2.05, 4.69) is 18.3 Å². The fourth-order valence-electron chi connectivity index (χ4n) is 2.12. The minimum absolute atomic E-state index is 0.0104. The molecule has 20 heavy (non-hydrogen) atoms. The van der Waals surface area contributed by atoms with Crippen LogP contribution < -0.4 is 5.32 Å². The van der Waals surface area contributed by atoms with Crippen molar-refractivity contribution in [3.8, 4) is 0 Å². The van der Waals surface area contributed by atoms with Crippen LogP contribution in [0, 0.1) is 19.8 Å². The summed E-state index contributed by atoms with van der Waals surface area (Å²) >= 11 is 0. The molecule has 3 heteroatoms. The van der Waals surface area contributed by atoms with Gasteiger partial charge in [0.15, 0.2) is 0 Å². The number of hydrogen-bond acceptors (Lipinski definition) is 2. The average Bonchev–Trinajstić information content (AvgIpc) is 2.37. The number of carbonyl (C=O) groups excluding carboxylic acids is 1. The highest BCUT2D eigenvalue weighted by Crippen LogP contribution is 2.12. The van der Waals surface area contributed by atoms with Crippen LogP contribution in [0.25, 0.3) is 6.08 Å². The molecule has 2 N–H and O–H groups in total. The van der Waals surface area contributed by atoms with Gasteiger partial charge in [-0.2, -0.15) is 0 Å². The zero-order valence-corrected chi connectivity index (χ0v) is 12.8. The second-order valence-electron chi connectivity index (χ2n) is 5.56. The standard InChI is InChI=1S/C17H25NO2/c1-12(2)16(9-10-19)18-17(20)8-7-15-6-5-13(3)11-14(15)4/h5-8,11-12,16,19H,9-10H2,1-4H3,(H,18,20)/b8-7+. The Morgan fingerprint density at radius 2 is 2.05 bits per heavy atom. The summed E-state index contributed by atoms with van der Waals surface area (Å²) in [6.45, 7) is 8.25. The summed E-state index contributed by atoms with van der Waals surface area (Å²) in [7, 11) is 0. The quantitative estimate of drug-likeness (QED) is 0.784. The summed E-state index contributed by atoms with van der Waals surface area (Å²) in [4.78, 5) is 11.9. The van der Waals surface area contributed by atoms with Gasteiger partial charge in [-0.25, -0.2) is 0 Å². The Morgan fingerprint density at radius 1 is 1.35 bits per heavy atom. The van der Waals surface area contributed by atoms with Crippen LogP contribution in [0.15, 0.2) is 24.3 Å². The number of hydrogen-bond donors (Lipinski definition) is 2. The van der Waals surface area contributed by atoms with Crippen molar-refractivity contribution >= 4 is 12.0 Å². The van der Waals surface area contributed by atoms with E-state index in [0.717, 1.165) is 11.1 Å². The van der Waals surface area contributed by atoms with Crippen LogP contribution in [0.2, 0.25) is 0 Å². The third kappa shape index (κ3) is 5.17. The van der Waals surface area contributed by atoms with Crippen molar-refractivity contribution in [3.05, 3.63) is 41.0 Å². The van der Waals surface area contributed by atoms with Crippen molar-refractivity contribution in [2.24, 2.45) is 5.92 Å². The van der Waals surface area contributed by atoms with E-state index in [1.807, 2.05) is 39.0 Å². The summed E-state index contributed by atoms with van der Waals surface area (Å²) in [5.41, 5.74) is 3.42. The summed E-state index contributed by atoms with van der Waals surface area (Å²) in [5, 5.41) is 11.9. The molecule has 0 aliphatic heterocycles. The van der Waals surface area contributed by atoms with E-state index in [-0.39, 0.29) is 18.6 Å². The highest BCUT2D eigenvalue weighted by Gasteiger charge is 2.13. The van der Waals surface area contributed by atoms with Gasteiger partial charge in [-0.15, -0.1) is 0 Å². The number of amides is 1. The van der Waals surface area contributed by atoms with Crippen LogP contribution >= 0.6 is 0 Å². The lowest BCUT2D eigenvalue weighted by molar-refractivity contribution is -0.117. The molecule has 0 spiro atoms. The monoisotopic (exact) mass is 275 g/mol. The van der Waals surface area contributed by atoms with E-state index < -0.39 is 0 Å². The van der Waals surface area contributed by atoms with Crippen molar-refractivity contribution in [2.45, 2.75) is 40.2 Å². The highest BCUT2D eigenvalue weighted by molar-refractivity contribution is 5.92. The lowest BCUT2D eigenvalue weighted by atomic mass is 10.0. The van der Waals surface area contributed by atoms with Crippen molar-refractivity contribution in [3.63, 3.8) is 0 Å². The molecule has 0 aliphatic carbocycles. The van der Waals surface area contributed by atoms with Crippen molar-refractivity contribution in [1.29, 1.82) is 0 Å². The first-order chi connectivity index (χ1) is 9.43. The van der Waals surface area contributed by atoms with Gasteiger partial charge in [0.25, 0.3) is 0 Å². The van der Waals surface area contributed by atoms with E-state index in [4.69, 9.17) is 5.11 Å². The molecular weight excluding hydrogens is 250 g/mol. The summed E-state index contributed by atoms with van der Waals surface area (Å²) in [6, 6.07) is 6.16. The lowest BCUT2D eigenvalue weighted by Crippen LogP contribution is -2.38. The van der Waals surface area contributed by atoms with Crippen molar-refractivity contribution < 1.29 is 9.90 Å². The van der Waals surface area contributed by atoms with Crippen LogP contribution in [0.1, 0.15) is 37.0 Å². The van der Waals surface area contributed by atoms with Crippen LogP contribution in [-0.2, 0) is 4.79 Å². The lowest BCUT2D eigenvalue weighted by Gasteiger charge is -2.20. The van der Waals surface area contributed by atoms with Crippen molar-refractivity contribution in [2.75, 3.05) is 6.61 Å². The predicted octanol–water partition coefficient (Wildman–Crippen LogP) is 2.84. The number of rotatable bonds is 6. The molecular formula is C17H25NO2. The summed E-state index contributed by atoms with van der Waals surface area (Å²) < 4.78 is 0. The van der Waals surface area contributed by atoms with Gasteiger partial charge in [0.05, 0.1) is 0 Å².